The Hall–Kier alpha value is -3.66. The van der Waals surface area contributed by atoms with Crippen LogP contribution in [-0.4, -0.2) is 24.6 Å². The maximum atomic E-state index is 13.2. The molecule has 202 valence electrons. The first-order valence-electron chi connectivity index (χ1n) is 12.1. The molecule has 0 spiro atoms. The van der Waals surface area contributed by atoms with Crippen LogP contribution in [0.2, 0.25) is 0 Å². The van der Waals surface area contributed by atoms with Crippen LogP contribution in [-0.2, 0) is 22.6 Å². The lowest BCUT2D eigenvalue weighted by atomic mass is 10.1. The molecule has 0 fully saturated rings. The Labute approximate surface area is 219 Å². The fourth-order valence-corrected chi connectivity index (χ4v) is 4.90. The minimum atomic E-state index is -4.58. The summed E-state index contributed by atoms with van der Waals surface area (Å²) in [5, 5.41) is 2.61. The highest BCUT2D eigenvalue weighted by atomic mass is 32.2. The smallest absolute Gasteiger partial charge is 0.348 e. The second-order valence-corrected chi connectivity index (χ2v) is 10.8. The number of hydrogen-bond donors (Lipinski definition) is 1. The summed E-state index contributed by atoms with van der Waals surface area (Å²) in [6, 6.07) is 13.2. The lowest BCUT2D eigenvalue weighted by Crippen LogP contribution is -2.33. The average molecular weight is 547 g/mol. The van der Waals surface area contributed by atoms with Crippen molar-refractivity contribution in [2.75, 3.05) is 5.75 Å². The SMILES string of the molecule is CCCCC=CCS(=O)(=O)c1ccc(CNC(=O)c2ccc(C)n(-c3cccc(C(F)(F)F)c3)c2=O)cc1. The molecule has 10 heteroatoms. The van der Waals surface area contributed by atoms with E-state index in [-0.39, 0.29) is 28.4 Å². The zero-order chi connectivity index (χ0) is 27.9. The van der Waals surface area contributed by atoms with E-state index >= 15 is 0 Å². The Kier molecular flexibility index (Phi) is 9.32. The summed E-state index contributed by atoms with van der Waals surface area (Å²) in [6.07, 6.45) is 1.78. The first kappa shape index (κ1) is 28.9. The van der Waals surface area contributed by atoms with Gasteiger partial charge < -0.3 is 5.32 Å². The van der Waals surface area contributed by atoms with E-state index in [1.807, 2.05) is 6.08 Å². The lowest BCUT2D eigenvalue weighted by molar-refractivity contribution is -0.137. The topological polar surface area (TPSA) is 85.2 Å². The van der Waals surface area contributed by atoms with Gasteiger partial charge in [-0.1, -0.05) is 50.1 Å². The van der Waals surface area contributed by atoms with Crippen molar-refractivity contribution >= 4 is 15.7 Å². The molecule has 1 aromatic heterocycles. The molecule has 0 aliphatic carbocycles. The number of sulfone groups is 1. The number of amides is 1. The van der Waals surface area contributed by atoms with Gasteiger partial charge in [-0.2, -0.15) is 13.2 Å². The van der Waals surface area contributed by atoms with Crippen LogP contribution in [0.3, 0.4) is 0 Å². The van der Waals surface area contributed by atoms with Crippen LogP contribution < -0.4 is 10.9 Å². The molecule has 1 N–H and O–H groups in total. The molecule has 0 saturated heterocycles. The van der Waals surface area contributed by atoms with Gasteiger partial charge in [-0.25, -0.2) is 8.42 Å². The van der Waals surface area contributed by atoms with Crippen molar-refractivity contribution in [1.82, 2.24) is 9.88 Å². The Morgan fingerprint density at radius 3 is 2.39 bits per heavy atom. The number of nitrogens with zero attached hydrogens (tertiary/aromatic N) is 1. The largest absolute Gasteiger partial charge is 0.416 e. The summed E-state index contributed by atoms with van der Waals surface area (Å²) in [5.41, 5.74) is -0.926. The third kappa shape index (κ3) is 7.22. The number of carbonyl (C=O) groups excluding carboxylic acids is 1. The number of unbranched alkanes of at least 4 members (excludes halogenated alkanes) is 2. The number of carbonyl (C=O) groups is 1. The number of halogens is 3. The van der Waals surface area contributed by atoms with E-state index in [1.165, 1.54) is 36.4 Å². The van der Waals surface area contributed by atoms with Crippen LogP contribution in [0, 0.1) is 6.92 Å². The molecule has 0 unspecified atom stereocenters. The molecule has 3 aromatic rings. The zero-order valence-corrected chi connectivity index (χ0v) is 21.9. The van der Waals surface area contributed by atoms with Gasteiger partial charge in [-0.3, -0.25) is 14.2 Å². The summed E-state index contributed by atoms with van der Waals surface area (Å²) in [6.45, 7) is 3.64. The number of aromatic nitrogens is 1. The second-order valence-electron chi connectivity index (χ2n) is 8.80. The van der Waals surface area contributed by atoms with E-state index < -0.39 is 33.0 Å². The van der Waals surface area contributed by atoms with E-state index in [0.717, 1.165) is 36.0 Å². The first-order chi connectivity index (χ1) is 17.9. The molecule has 3 rings (SSSR count). The normalized spacial score (nSPS) is 12.1. The highest BCUT2D eigenvalue weighted by molar-refractivity contribution is 7.91. The fraction of sp³-hybridized carbons (Fsp3) is 0.286. The lowest BCUT2D eigenvalue weighted by Gasteiger charge is -2.14. The van der Waals surface area contributed by atoms with Gasteiger partial charge >= 0.3 is 6.18 Å². The molecule has 0 saturated carbocycles. The fourth-order valence-electron chi connectivity index (χ4n) is 3.77. The van der Waals surface area contributed by atoms with E-state index in [2.05, 4.69) is 12.2 Å². The van der Waals surface area contributed by atoms with Gasteiger partial charge in [0, 0.05) is 17.9 Å². The second kappa shape index (κ2) is 12.3. The molecular formula is C28H29F3N2O4S. The van der Waals surface area contributed by atoms with Crippen LogP contribution in [0.1, 0.15) is 53.4 Å². The number of alkyl halides is 3. The van der Waals surface area contributed by atoms with Crippen LogP contribution in [0.15, 0.2) is 82.5 Å². The van der Waals surface area contributed by atoms with Gasteiger partial charge in [0.15, 0.2) is 9.84 Å². The maximum absolute atomic E-state index is 13.2. The maximum Gasteiger partial charge on any atom is 0.416 e. The standard InChI is InChI=1S/C28H29F3N2O4S/c1-3-4-5-6-7-17-38(36,37)24-14-12-21(13-15-24)19-32-26(34)25-16-11-20(2)33(27(25)35)23-10-8-9-22(18-23)28(29,30)31/h6-16,18H,3-5,17,19H2,1-2H3,(H,32,34). The van der Waals surface area contributed by atoms with Crippen molar-refractivity contribution in [3.05, 3.63) is 106 Å². The quantitative estimate of drug-likeness (QED) is 0.264. The minimum Gasteiger partial charge on any atom is -0.348 e. The van der Waals surface area contributed by atoms with E-state index in [4.69, 9.17) is 0 Å². The summed E-state index contributed by atoms with van der Waals surface area (Å²) in [4.78, 5) is 26.0. The third-order valence-corrected chi connectivity index (χ3v) is 7.52. The molecule has 0 bridgehead atoms. The van der Waals surface area contributed by atoms with E-state index in [0.29, 0.717) is 11.3 Å². The number of pyridine rings is 1. The number of nitrogens with one attached hydrogen (secondary N) is 1. The Morgan fingerprint density at radius 2 is 1.74 bits per heavy atom. The molecule has 0 aliphatic rings. The summed E-state index contributed by atoms with van der Waals surface area (Å²) in [5.74, 6) is -0.803. The van der Waals surface area contributed by atoms with Crippen molar-refractivity contribution in [3.63, 3.8) is 0 Å². The minimum absolute atomic E-state index is 0.00557. The van der Waals surface area contributed by atoms with Gasteiger partial charge in [0.05, 0.1) is 16.2 Å². The molecule has 6 nitrogen and oxygen atoms in total. The highest BCUT2D eigenvalue weighted by Gasteiger charge is 2.30. The van der Waals surface area contributed by atoms with Crippen molar-refractivity contribution in [2.45, 2.75) is 50.7 Å². The van der Waals surface area contributed by atoms with E-state index in [9.17, 15) is 31.2 Å². The van der Waals surface area contributed by atoms with Crippen molar-refractivity contribution in [2.24, 2.45) is 0 Å². The van der Waals surface area contributed by atoms with Crippen molar-refractivity contribution in [1.29, 1.82) is 0 Å². The van der Waals surface area contributed by atoms with E-state index in [1.54, 1.807) is 25.1 Å². The molecule has 0 radical (unpaired) electrons. The average Bonchev–Trinajstić information content (AvgIpc) is 2.87. The summed E-state index contributed by atoms with van der Waals surface area (Å²) in [7, 11) is -3.48. The summed E-state index contributed by atoms with van der Waals surface area (Å²) < 4.78 is 65.5. The van der Waals surface area contributed by atoms with Gasteiger partial charge in [-0.05, 0) is 61.4 Å². The molecule has 38 heavy (non-hydrogen) atoms. The Balaban J connectivity index is 1.73. The van der Waals surface area contributed by atoms with Crippen LogP contribution in [0.4, 0.5) is 13.2 Å². The monoisotopic (exact) mass is 546 g/mol. The molecular weight excluding hydrogens is 517 g/mol. The Morgan fingerprint density at radius 1 is 1.03 bits per heavy atom. The van der Waals surface area contributed by atoms with Gasteiger partial charge in [0.2, 0.25) is 0 Å². The Bertz CT molecular complexity index is 1480. The van der Waals surface area contributed by atoms with Gasteiger partial charge in [0.1, 0.15) is 5.56 Å². The van der Waals surface area contributed by atoms with Crippen LogP contribution in [0.25, 0.3) is 5.69 Å². The number of rotatable bonds is 10. The molecule has 0 atom stereocenters. The zero-order valence-electron chi connectivity index (χ0n) is 21.1. The summed E-state index contributed by atoms with van der Waals surface area (Å²) >= 11 is 0. The predicted octanol–water partition coefficient (Wildman–Crippen LogP) is 5.61. The van der Waals surface area contributed by atoms with Crippen molar-refractivity contribution < 1.29 is 26.4 Å². The molecule has 1 amide bonds. The number of allylic oxidation sites excluding steroid dienone is 1. The predicted molar refractivity (Wildman–Crippen MR) is 140 cm³/mol. The number of aryl methyl sites for hydroxylation is 1. The number of benzene rings is 2. The third-order valence-electron chi connectivity index (χ3n) is 5.90. The first-order valence-corrected chi connectivity index (χ1v) is 13.7. The van der Waals surface area contributed by atoms with Gasteiger partial charge in [0.25, 0.3) is 11.5 Å². The van der Waals surface area contributed by atoms with Crippen LogP contribution >= 0.6 is 0 Å². The number of hydrogen-bond acceptors (Lipinski definition) is 4. The van der Waals surface area contributed by atoms with Crippen molar-refractivity contribution in [3.8, 4) is 5.69 Å². The van der Waals surface area contributed by atoms with Crippen LogP contribution in [0.5, 0.6) is 0 Å². The molecule has 0 aliphatic heterocycles. The van der Waals surface area contributed by atoms with Gasteiger partial charge in [-0.15, -0.1) is 0 Å². The molecule has 2 aromatic carbocycles. The molecule has 1 heterocycles. The highest BCUT2D eigenvalue weighted by Crippen LogP contribution is 2.30.